The third-order valence-corrected chi connectivity index (χ3v) is 4.25. The van der Waals surface area contributed by atoms with Crippen molar-refractivity contribution in [1.82, 2.24) is 5.32 Å². The Bertz CT molecular complexity index is 402. The first-order valence-corrected chi connectivity index (χ1v) is 6.84. The van der Waals surface area contributed by atoms with Gasteiger partial charge in [-0.05, 0) is 44.2 Å². The van der Waals surface area contributed by atoms with Crippen LogP contribution in [0.4, 0.5) is 4.39 Å². The van der Waals surface area contributed by atoms with E-state index in [1.165, 1.54) is 18.9 Å². The molecular weight excluding hydrogens is 229 g/mol. The maximum absolute atomic E-state index is 13.7. The van der Waals surface area contributed by atoms with Gasteiger partial charge in [0.1, 0.15) is 5.82 Å². The van der Waals surface area contributed by atoms with Gasteiger partial charge in [0.15, 0.2) is 0 Å². The fraction of sp³-hybridized carbons (Fsp3) is 0.600. The van der Waals surface area contributed by atoms with Crippen molar-refractivity contribution in [2.45, 2.75) is 57.4 Å². The standard InChI is InChI=1S/C15H20FNO/c1-10-3-2-4-15(16)14(10)9-18-13-7-11-5-6-12(8-13)17-11/h2-4,11-13,17H,5-9H2,1H3/t11-,12+,13?. The van der Waals surface area contributed by atoms with E-state index in [9.17, 15) is 4.39 Å². The molecule has 1 aromatic carbocycles. The molecule has 3 rings (SSSR count). The molecule has 1 N–H and O–H groups in total. The summed E-state index contributed by atoms with van der Waals surface area (Å²) in [6, 6.07) is 6.44. The molecule has 0 aromatic heterocycles. The number of piperidine rings is 1. The third-order valence-electron chi connectivity index (χ3n) is 4.25. The van der Waals surface area contributed by atoms with Crippen molar-refractivity contribution in [1.29, 1.82) is 0 Å². The summed E-state index contributed by atoms with van der Waals surface area (Å²) in [7, 11) is 0. The van der Waals surface area contributed by atoms with Crippen molar-refractivity contribution in [3.63, 3.8) is 0 Å². The molecule has 2 aliphatic heterocycles. The fourth-order valence-electron chi connectivity index (χ4n) is 3.19. The lowest BCUT2D eigenvalue weighted by Crippen LogP contribution is -2.41. The Hall–Kier alpha value is -0.930. The van der Waals surface area contributed by atoms with Crippen LogP contribution < -0.4 is 5.32 Å². The quantitative estimate of drug-likeness (QED) is 0.889. The number of nitrogens with one attached hydrogen (secondary N) is 1. The lowest BCUT2D eigenvalue weighted by Gasteiger charge is -2.29. The highest BCUT2D eigenvalue weighted by atomic mass is 19.1. The highest BCUT2D eigenvalue weighted by Gasteiger charge is 2.33. The van der Waals surface area contributed by atoms with Crippen LogP contribution in [0.15, 0.2) is 18.2 Å². The van der Waals surface area contributed by atoms with Gasteiger partial charge in [-0.3, -0.25) is 0 Å². The van der Waals surface area contributed by atoms with Crippen LogP contribution in [-0.4, -0.2) is 18.2 Å². The van der Waals surface area contributed by atoms with Gasteiger partial charge in [-0.1, -0.05) is 12.1 Å². The molecule has 1 unspecified atom stereocenters. The van der Waals surface area contributed by atoms with Gasteiger partial charge in [0, 0.05) is 17.6 Å². The second-order valence-corrected chi connectivity index (χ2v) is 5.58. The molecule has 0 spiro atoms. The van der Waals surface area contributed by atoms with Crippen molar-refractivity contribution in [2.24, 2.45) is 0 Å². The molecule has 2 bridgehead atoms. The lowest BCUT2D eigenvalue weighted by molar-refractivity contribution is 0.00778. The largest absolute Gasteiger partial charge is 0.373 e. The molecule has 1 aromatic rings. The van der Waals surface area contributed by atoms with Gasteiger partial charge in [0.2, 0.25) is 0 Å². The molecular formula is C15H20FNO. The molecule has 2 heterocycles. The Morgan fingerprint density at radius 3 is 2.67 bits per heavy atom. The van der Waals surface area contributed by atoms with Crippen molar-refractivity contribution >= 4 is 0 Å². The summed E-state index contributed by atoms with van der Waals surface area (Å²) >= 11 is 0. The molecule has 2 aliphatic rings. The highest BCUT2D eigenvalue weighted by Crippen LogP contribution is 2.29. The van der Waals surface area contributed by atoms with E-state index in [0.29, 0.717) is 30.4 Å². The van der Waals surface area contributed by atoms with Gasteiger partial charge < -0.3 is 10.1 Å². The summed E-state index contributed by atoms with van der Waals surface area (Å²) in [4.78, 5) is 0. The first-order chi connectivity index (χ1) is 8.72. The first kappa shape index (κ1) is 12.1. The monoisotopic (exact) mass is 249 g/mol. The number of ether oxygens (including phenoxy) is 1. The molecule has 0 saturated carbocycles. The smallest absolute Gasteiger partial charge is 0.128 e. The predicted octanol–water partition coefficient (Wildman–Crippen LogP) is 2.93. The number of fused-ring (bicyclic) bond motifs is 2. The Labute approximate surface area is 108 Å². The van der Waals surface area contributed by atoms with Crippen LogP contribution in [0, 0.1) is 12.7 Å². The van der Waals surface area contributed by atoms with Gasteiger partial charge in [0.25, 0.3) is 0 Å². The van der Waals surface area contributed by atoms with E-state index in [2.05, 4.69) is 5.32 Å². The Morgan fingerprint density at radius 2 is 2.00 bits per heavy atom. The molecule has 18 heavy (non-hydrogen) atoms. The third kappa shape index (κ3) is 2.43. The van der Waals surface area contributed by atoms with Crippen LogP contribution in [0.25, 0.3) is 0 Å². The molecule has 2 fully saturated rings. The SMILES string of the molecule is Cc1cccc(F)c1COC1C[C@H]2CC[C@@H](C1)N2. The Morgan fingerprint density at radius 1 is 1.28 bits per heavy atom. The summed E-state index contributed by atoms with van der Waals surface area (Å²) in [5.41, 5.74) is 1.69. The van der Waals surface area contributed by atoms with E-state index in [1.807, 2.05) is 13.0 Å². The first-order valence-electron chi connectivity index (χ1n) is 6.84. The fourth-order valence-corrected chi connectivity index (χ4v) is 3.19. The number of aryl methyl sites for hydroxylation is 1. The minimum absolute atomic E-state index is 0.146. The van der Waals surface area contributed by atoms with E-state index < -0.39 is 0 Å². The summed E-state index contributed by atoms with van der Waals surface area (Å²) in [5.74, 6) is -0.146. The van der Waals surface area contributed by atoms with E-state index >= 15 is 0 Å². The average molecular weight is 249 g/mol. The number of halogens is 1. The maximum Gasteiger partial charge on any atom is 0.128 e. The normalized spacial score (nSPS) is 30.7. The average Bonchev–Trinajstić information content (AvgIpc) is 2.68. The summed E-state index contributed by atoms with van der Waals surface area (Å²) in [5, 5.41) is 3.59. The highest BCUT2D eigenvalue weighted by molar-refractivity contribution is 5.26. The van der Waals surface area contributed by atoms with E-state index in [1.54, 1.807) is 6.07 Å². The van der Waals surface area contributed by atoms with Gasteiger partial charge in [-0.15, -0.1) is 0 Å². The van der Waals surface area contributed by atoms with Crippen LogP contribution in [-0.2, 0) is 11.3 Å². The second-order valence-electron chi connectivity index (χ2n) is 5.58. The second kappa shape index (κ2) is 4.98. The Kier molecular flexibility index (Phi) is 3.35. The number of rotatable bonds is 3. The van der Waals surface area contributed by atoms with Crippen LogP contribution in [0.1, 0.15) is 36.8 Å². The summed E-state index contributed by atoms with van der Waals surface area (Å²) < 4.78 is 19.6. The minimum Gasteiger partial charge on any atom is -0.373 e. The van der Waals surface area contributed by atoms with Crippen LogP contribution in [0.2, 0.25) is 0 Å². The van der Waals surface area contributed by atoms with Crippen molar-refractivity contribution in [3.05, 3.63) is 35.1 Å². The molecule has 3 atom stereocenters. The molecule has 0 amide bonds. The number of hydrogen-bond donors (Lipinski definition) is 1. The Balaban J connectivity index is 1.61. The zero-order valence-corrected chi connectivity index (χ0v) is 10.8. The number of hydrogen-bond acceptors (Lipinski definition) is 2. The van der Waals surface area contributed by atoms with Crippen molar-refractivity contribution in [2.75, 3.05) is 0 Å². The van der Waals surface area contributed by atoms with Crippen molar-refractivity contribution < 1.29 is 9.13 Å². The summed E-state index contributed by atoms with van der Waals surface area (Å²) in [6.07, 6.45) is 4.98. The zero-order valence-electron chi connectivity index (χ0n) is 10.8. The van der Waals surface area contributed by atoms with Gasteiger partial charge >= 0.3 is 0 Å². The molecule has 0 radical (unpaired) electrons. The molecule has 0 aliphatic carbocycles. The summed E-state index contributed by atoms with van der Waals surface area (Å²) in [6.45, 7) is 2.34. The van der Waals surface area contributed by atoms with Crippen LogP contribution in [0.5, 0.6) is 0 Å². The van der Waals surface area contributed by atoms with E-state index in [4.69, 9.17) is 4.74 Å². The minimum atomic E-state index is -0.146. The van der Waals surface area contributed by atoms with Crippen LogP contribution in [0.3, 0.4) is 0 Å². The molecule has 98 valence electrons. The topological polar surface area (TPSA) is 21.3 Å². The molecule has 2 nitrogen and oxygen atoms in total. The van der Waals surface area contributed by atoms with Gasteiger partial charge in [-0.2, -0.15) is 0 Å². The lowest BCUT2D eigenvalue weighted by atomic mass is 10.0. The van der Waals surface area contributed by atoms with Gasteiger partial charge in [0.05, 0.1) is 12.7 Å². The predicted molar refractivity (Wildman–Crippen MR) is 68.9 cm³/mol. The van der Waals surface area contributed by atoms with Gasteiger partial charge in [-0.25, -0.2) is 4.39 Å². The molecule has 2 saturated heterocycles. The zero-order chi connectivity index (χ0) is 12.5. The molecule has 3 heteroatoms. The van der Waals surface area contributed by atoms with Crippen LogP contribution >= 0.6 is 0 Å². The number of benzene rings is 1. The maximum atomic E-state index is 13.7. The van der Waals surface area contributed by atoms with E-state index in [0.717, 1.165) is 18.4 Å². The van der Waals surface area contributed by atoms with E-state index in [-0.39, 0.29) is 5.82 Å². The van der Waals surface area contributed by atoms with Crippen molar-refractivity contribution in [3.8, 4) is 0 Å².